The Morgan fingerprint density at radius 3 is 2.35 bits per heavy atom. The Morgan fingerprint density at radius 2 is 1.75 bits per heavy atom. The lowest BCUT2D eigenvalue weighted by Gasteiger charge is -2.51. The fraction of sp³-hybridized carbons (Fsp3) is 1.00. The molecule has 3 fully saturated rings. The van der Waals surface area contributed by atoms with Crippen LogP contribution in [-0.2, 0) is 0 Å². The highest BCUT2D eigenvalue weighted by Gasteiger charge is 2.49. The van der Waals surface area contributed by atoms with E-state index in [9.17, 15) is 0 Å². The van der Waals surface area contributed by atoms with Crippen molar-refractivity contribution >= 4 is 0 Å². The molecule has 0 spiro atoms. The van der Waals surface area contributed by atoms with Crippen molar-refractivity contribution in [2.24, 2.45) is 11.7 Å². The van der Waals surface area contributed by atoms with E-state index in [-0.39, 0.29) is 0 Å². The Hall–Kier alpha value is -0.120. The van der Waals surface area contributed by atoms with E-state index in [1.807, 2.05) is 0 Å². The van der Waals surface area contributed by atoms with Gasteiger partial charge in [0.25, 0.3) is 0 Å². The molecule has 0 radical (unpaired) electrons. The SMILES string of the molecule is CCC1CCCN(C2(CN)CC3CCC(C2)N3C)CC1. The van der Waals surface area contributed by atoms with Crippen molar-refractivity contribution in [3.05, 3.63) is 0 Å². The highest BCUT2D eigenvalue weighted by molar-refractivity contribution is 5.06. The van der Waals surface area contributed by atoms with Crippen LogP contribution >= 0.6 is 0 Å². The molecule has 3 nitrogen and oxygen atoms in total. The van der Waals surface area contributed by atoms with Gasteiger partial charge in [-0.15, -0.1) is 0 Å². The van der Waals surface area contributed by atoms with E-state index in [0.29, 0.717) is 5.54 Å². The van der Waals surface area contributed by atoms with Crippen LogP contribution in [0.4, 0.5) is 0 Å². The standard InChI is InChI=1S/C17H33N3/c1-3-14-5-4-9-20(10-8-14)17(13-18)11-15-6-7-16(12-17)19(15)2/h14-16H,3-13,18H2,1-2H3. The van der Waals surface area contributed by atoms with Crippen molar-refractivity contribution in [1.29, 1.82) is 0 Å². The molecule has 0 aromatic heterocycles. The van der Waals surface area contributed by atoms with E-state index in [2.05, 4.69) is 23.8 Å². The van der Waals surface area contributed by atoms with Crippen molar-refractivity contribution in [3.63, 3.8) is 0 Å². The zero-order chi connectivity index (χ0) is 14.2. The summed E-state index contributed by atoms with van der Waals surface area (Å²) in [5.41, 5.74) is 6.65. The predicted octanol–water partition coefficient (Wildman–Crippen LogP) is 2.45. The van der Waals surface area contributed by atoms with Crippen LogP contribution in [0.2, 0.25) is 0 Å². The molecule has 3 saturated heterocycles. The second-order valence-electron chi connectivity index (χ2n) is 7.58. The topological polar surface area (TPSA) is 32.5 Å². The number of likely N-dealkylation sites (tertiary alicyclic amines) is 1. The number of rotatable bonds is 3. The summed E-state index contributed by atoms with van der Waals surface area (Å²) in [4.78, 5) is 5.45. The molecule has 0 aromatic carbocycles. The van der Waals surface area contributed by atoms with Gasteiger partial charge in [-0.2, -0.15) is 0 Å². The van der Waals surface area contributed by atoms with Gasteiger partial charge < -0.3 is 10.6 Å². The summed E-state index contributed by atoms with van der Waals surface area (Å²) in [6, 6.07) is 1.59. The summed E-state index contributed by atoms with van der Waals surface area (Å²) in [5.74, 6) is 0.956. The molecule has 20 heavy (non-hydrogen) atoms. The number of hydrogen-bond acceptors (Lipinski definition) is 3. The fourth-order valence-corrected chi connectivity index (χ4v) is 5.14. The molecule has 3 heteroatoms. The molecule has 116 valence electrons. The van der Waals surface area contributed by atoms with Gasteiger partial charge in [0.15, 0.2) is 0 Å². The van der Waals surface area contributed by atoms with Crippen LogP contribution in [0.25, 0.3) is 0 Å². The summed E-state index contributed by atoms with van der Waals surface area (Å²) < 4.78 is 0. The van der Waals surface area contributed by atoms with Crippen molar-refractivity contribution in [2.45, 2.75) is 75.9 Å². The Bertz CT molecular complexity index is 316. The summed E-state index contributed by atoms with van der Waals surface area (Å²) in [5, 5.41) is 0. The molecule has 0 aromatic rings. The highest BCUT2D eigenvalue weighted by atomic mass is 15.3. The minimum absolute atomic E-state index is 0.320. The van der Waals surface area contributed by atoms with Gasteiger partial charge in [-0.05, 0) is 71.0 Å². The smallest absolute Gasteiger partial charge is 0.0361 e. The molecule has 0 amide bonds. The lowest BCUT2D eigenvalue weighted by Crippen LogP contribution is -2.62. The van der Waals surface area contributed by atoms with Gasteiger partial charge in [0.2, 0.25) is 0 Å². The monoisotopic (exact) mass is 279 g/mol. The highest BCUT2D eigenvalue weighted by Crippen LogP contribution is 2.43. The molecule has 3 aliphatic rings. The van der Waals surface area contributed by atoms with Crippen LogP contribution in [0.5, 0.6) is 0 Å². The first kappa shape index (κ1) is 14.8. The maximum absolute atomic E-state index is 6.32. The van der Waals surface area contributed by atoms with Gasteiger partial charge in [-0.3, -0.25) is 4.90 Å². The van der Waals surface area contributed by atoms with Crippen LogP contribution in [0.15, 0.2) is 0 Å². The Balaban J connectivity index is 1.73. The third kappa shape index (κ3) is 2.53. The Morgan fingerprint density at radius 1 is 1.05 bits per heavy atom. The second-order valence-corrected chi connectivity index (χ2v) is 7.58. The van der Waals surface area contributed by atoms with E-state index in [1.54, 1.807) is 0 Å². The first-order valence-electron chi connectivity index (χ1n) is 8.85. The molecule has 3 aliphatic heterocycles. The van der Waals surface area contributed by atoms with Gasteiger partial charge >= 0.3 is 0 Å². The number of hydrogen-bond donors (Lipinski definition) is 1. The van der Waals surface area contributed by atoms with Gasteiger partial charge in [0, 0.05) is 24.2 Å². The van der Waals surface area contributed by atoms with Crippen molar-refractivity contribution in [1.82, 2.24) is 9.80 Å². The summed E-state index contributed by atoms with van der Waals surface area (Å²) in [6.45, 7) is 5.80. The average Bonchev–Trinajstić information content (AvgIpc) is 2.72. The van der Waals surface area contributed by atoms with E-state index >= 15 is 0 Å². The minimum Gasteiger partial charge on any atom is -0.329 e. The van der Waals surface area contributed by atoms with E-state index in [1.165, 1.54) is 64.5 Å². The van der Waals surface area contributed by atoms with Gasteiger partial charge in [0.05, 0.1) is 0 Å². The van der Waals surface area contributed by atoms with Gasteiger partial charge in [0.1, 0.15) is 0 Å². The van der Waals surface area contributed by atoms with E-state index in [4.69, 9.17) is 5.73 Å². The quantitative estimate of drug-likeness (QED) is 0.861. The lowest BCUT2D eigenvalue weighted by molar-refractivity contribution is 0.00217. The van der Waals surface area contributed by atoms with Crippen LogP contribution in [0.3, 0.4) is 0 Å². The third-order valence-electron chi connectivity index (χ3n) is 6.69. The molecular formula is C17H33N3. The summed E-state index contributed by atoms with van der Waals surface area (Å²) in [7, 11) is 2.33. The number of nitrogens with two attached hydrogens (primary N) is 1. The van der Waals surface area contributed by atoms with Crippen LogP contribution in [0.1, 0.15) is 58.3 Å². The molecule has 3 heterocycles. The zero-order valence-corrected chi connectivity index (χ0v) is 13.5. The molecule has 3 atom stereocenters. The number of nitrogens with zero attached hydrogens (tertiary/aromatic N) is 2. The first-order chi connectivity index (χ1) is 9.68. The van der Waals surface area contributed by atoms with Crippen molar-refractivity contribution in [2.75, 3.05) is 26.7 Å². The maximum atomic E-state index is 6.32. The third-order valence-corrected chi connectivity index (χ3v) is 6.69. The lowest BCUT2D eigenvalue weighted by atomic mass is 9.81. The molecule has 0 aliphatic carbocycles. The number of piperidine rings is 1. The van der Waals surface area contributed by atoms with Gasteiger partial charge in [-0.1, -0.05) is 13.3 Å². The van der Waals surface area contributed by atoms with Crippen LogP contribution in [-0.4, -0.2) is 54.1 Å². The normalized spacial score (nSPS) is 43.6. The largest absolute Gasteiger partial charge is 0.329 e. The Labute approximate surface area is 124 Å². The zero-order valence-electron chi connectivity index (χ0n) is 13.5. The maximum Gasteiger partial charge on any atom is 0.0361 e. The van der Waals surface area contributed by atoms with Crippen LogP contribution < -0.4 is 5.73 Å². The molecular weight excluding hydrogens is 246 g/mol. The summed E-state index contributed by atoms with van der Waals surface area (Å²) in [6.07, 6.45) is 11.0. The predicted molar refractivity (Wildman–Crippen MR) is 84.8 cm³/mol. The Kier molecular flexibility index (Phi) is 4.40. The van der Waals surface area contributed by atoms with Gasteiger partial charge in [-0.25, -0.2) is 0 Å². The van der Waals surface area contributed by atoms with Crippen molar-refractivity contribution < 1.29 is 0 Å². The van der Waals surface area contributed by atoms with Crippen LogP contribution in [0, 0.1) is 5.92 Å². The molecule has 3 rings (SSSR count). The second kappa shape index (κ2) is 5.94. The summed E-state index contributed by atoms with van der Waals surface area (Å²) >= 11 is 0. The first-order valence-corrected chi connectivity index (χ1v) is 8.85. The molecule has 0 saturated carbocycles. The van der Waals surface area contributed by atoms with E-state index in [0.717, 1.165) is 24.5 Å². The number of fused-ring (bicyclic) bond motifs is 2. The minimum atomic E-state index is 0.320. The average molecular weight is 279 g/mol. The van der Waals surface area contributed by atoms with Crippen molar-refractivity contribution in [3.8, 4) is 0 Å². The molecule has 2 N–H and O–H groups in total. The van der Waals surface area contributed by atoms with E-state index < -0.39 is 0 Å². The molecule has 2 bridgehead atoms. The molecule has 3 unspecified atom stereocenters. The fourth-order valence-electron chi connectivity index (χ4n) is 5.14.